The number of rotatable bonds is 6. The quantitative estimate of drug-likeness (QED) is 0.501. The van der Waals surface area contributed by atoms with Gasteiger partial charge in [0.1, 0.15) is 0 Å². The lowest BCUT2D eigenvalue weighted by atomic mass is 10.2. The van der Waals surface area contributed by atoms with Crippen molar-refractivity contribution in [2.45, 2.75) is 64.4 Å². The Kier molecular flexibility index (Phi) is 5.84. The van der Waals surface area contributed by atoms with Crippen LogP contribution in [0.25, 0.3) is 0 Å². The van der Waals surface area contributed by atoms with Crippen LogP contribution in [0.5, 0.6) is 0 Å². The van der Waals surface area contributed by atoms with E-state index in [1.807, 2.05) is 0 Å². The Balaban J connectivity index is 3.38. The minimum Gasteiger partial charge on any atom is -0.397 e. The topological polar surface area (TPSA) is 20.2 Å². The molecule has 1 nitrogen and oxygen atoms in total. The Hall–Kier alpha value is 0.177. The standard InChI is InChI=1S/C10H24OSi/c1-5-6-7-8-9-10(11)12(2,3)4/h10-11H,5-9H2,1-4H3/t10-/m1/s1. The van der Waals surface area contributed by atoms with Gasteiger partial charge in [-0.15, -0.1) is 0 Å². The van der Waals surface area contributed by atoms with Gasteiger partial charge in [0, 0.05) is 5.73 Å². The minimum atomic E-state index is -1.27. The predicted molar refractivity (Wildman–Crippen MR) is 58.1 cm³/mol. The number of hydrogen-bond donors (Lipinski definition) is 1. The summed E-state index contributed by atoms with van der Waals surface area (Å²) in [6.45, 7) is 8.92. The van der Waals surface area contributed by atoms with Crippen LogP contribution in [0.4, 0.5) is 0 Å². The summed E-state index contributed by atoms with van der Waals surface area (Å²) < 4.78 is 0. The van der Waals surface area contributed by atoms with E-state index in [0.717, 1.165) is 6.42 Å². The van der Waals surface area contributed by atoms with Crippen LogP contribution in [0.15, 0.2) is 0 Å². The maximum Gasteiger partial charge on any atom is 0.0781 e. The molecule has 0 radical (unpaired) electrons. The lowest BCUT2D eigenvalue weighted by Gasteiger charge is -2.23. The molecule has 0 rings (SSSR count). The third kappa shape index (κ3) is 5.78. The monoisotopic (exact) mass is 188 g/mol. The van der Waals surface area contributed by atoms with Gasteiger partial charge in [0.15, 0.2) is 0 Å². The maximum atomic E-state index is 9.75. The van der Waals surface area contributed by atoms with E-state index in [1.54, 1.807) is 0 Å². The van der Waals surface area contributed by atoms with Crippen molar-refractivity contribution in [2.24, 2.45) is 0 Å². The Bertz CT molecular complexity index is 107. The highest BCUT2D eigenvalue weighted by Crippen LogP contribution is 2.14. The summed E-state index contributed by atoms with van der Waals surface area (Å²) in [4.78, 5) is 0. The molecule has 0 aliphatic carbocycles. The zero-order valence-electron chi connectivity index (χ0n) is 9.06. The van der Waals surface area contributed by atoms with E-state index < -0.39 is 8.07 Å². The van der Waals surface area contributed by atoms with Crippen molar-refractivity contribution >= 4 is 8.07 Å². The maximum absolute atomic E-state index is 9.75. The summed E-state index contributed by atoms with van der Waals surface area (Å²) in [5, 5.41) is 9.75. The highest BCUT2D eigenvalue weighted by atomic mass is 28.3. The lowest BCUT2D eigenvalue weighted by molar-refractivity contribution is 0.228. The van der Waals surface area contributed by atoms with Gasteiger partial charge in [-0.05, 0) is 6.42 Å². The van der Waals surface area contributed by atoms with E-state index in [9.17, 15) is 5.11 Å². The molecule has 0 aromatic carbocycles. The summed E-state index contributed by atoms with van der Waals surface area (Å²) in [5.74, 6) is 0. The summed E-state index contributed by atoms with van der Waals surface area (Å²) >= 11 is 0. The lowest BCUT2D eigenvalue weighted by Crippen LogP contribution is -2.37. The van der Waals surface area contributed by atoms with Crippen LogP contribution in [0.3, 0.4) is 0 Å². The number of unbranched alkanes of at least 4 members (excludes halogenated alkanes) is 3. The van der Waals surface area contributed by atoms with Crippen molar-refractivity contribution in [2.75, 3.05) is 0 Å². The van der Waals surface area contributed by atoms with Gasteiger partial charge < -0.3 is 5.11 Å². The van der Waals surface area contributed by atoms with Crippen LogP contribution in [0, 0.1) is 0 Å². The smallest absolute Gasteiger partial charge is 0.0781 e. The molecule has 0 aliphatic rings. The van der Waals surface area contributed by atoms with Gasteiger partial charge in [-0.3, -0.25) is 0 Å². The zero-order valence-corrected chi connectivity index (χ0v) is 10.1. The van der Waals surface area contributed by atoms with Gasteiger partial charge in [-0.2, -0.15) is 0 Å². The fourth-order valence-electron chi connectivity index (χ4n) is 1.20. The van der Waals surface area contributed by atoms with Crippen LogP contribution in [-0.4, -0.2) is 18.9 Å². The van der Waals surface area contributed by atoms with Gasteiger partial charge in [0.2, 0.25) is 0 Å². The fraction of sp³-hybridized carbons (Fsp3) is 1.00. The fourth-order valence-corrected chi connectivity index (χ4v) is 2.27. The second-order valence-corrected chi connectivity index (χ2v) is 10.1. The van der Waals surface area contributed by atoms with Crippen molar-refractivity contribution < 1.29 is 5.11 Å². The van der Waals surface area contributed by atoms with E-state index in [0.29, 0.717) is 0 Å². The molecule has 0 amide bonds. The third-order valence-corrected chi connectivity index (χ3v) is 4.62. The van der Waals surface area contributed by atoms with Crippen LogP contribution in [-0.2, 0) is 0 Å². The highest BCUT2D eigenvalue weighted by Gasteiger charge is 2.23. The van der Waals surface area contributed by atoms with Crippen molar-refractivity contribution in [3.8, 4) is 0 Å². The largest absolute Gasteiger partial charge is 0.397 e. The van der Waals surface area contributed by atoms with Crippen LogP contribution in [0.2, 0.25) is 19.6 Å². The first-order valence-corrected chi connectivity index (χ1v) is 8.74. The van der Waals surface area contributed by atoms with Crippen molar-refractivity contribution in [3.05, 3.63) is 0 Å². The van der Waals surface area contributed by atoms with Gasteiger partial charge in [0.25, 0.3) is 0 Å². The summed E-state index contributed by atoms with van der Waals surface area (Å²) in [7, 11) is -1.27. The number of aliphatic hydroxyl groups excluding tert-OH is 1. The first-order valence-electron chi connectivity index (χ1n) is 5.16. The van der Waals surface area contributed by atoms with E-state index in [4.69, 9.17) is 0 Å². The third-order valence-electron chi connectivity index (χ3n) is 2.33. The van der Waals surface area contributed by atoms with E-state index in [2.05, 4.69) is 26.6 Å². The Morgan fingerprint density at radius 2 is 1.67 bits per heavy atom. The molecule has 1 N–H and O–H groups in total. The second-order valence-electron chi connectivity index (χ2n) is 4.73. The van der Waals surface area contributed by atoms with Crippen LogP contribution >= 0.6 is 0 Å². The molecule has 0 aromatic heterocycles. The normalized spacial score (nSPS) is 14.8. The minimum absolute atomic E-state index is 0.00866. The van der Waals surface area contributed by atoms with Crippen LogP contribution < -0.4 is 0 Å². The molecule has 0 saturated carbocycles. The number of hydrogen-bond acceptors (Lipinski definition) is 1. The van der Waals surface area contributed by atoms with Crippen molar-refractivity contribution in [1.29, 1.82) is 0 Å². The Morgan fingerprint density at radius 3 is 2.08 bits per heavy atom. The van der Waals surface area contributed by atoms with Gasteiger partial charge in [0.05, 0.1) is 8.07 Å². The highest BCUT2D eigenvalue weighted by molar-refractivity contribution is 6.77. The molecular weight excluding hydrogens is 164 g/mol. The average Bonchev–Trinajstić information content (AvgIpc) is 1.96. The summed E-state index contributed by atoms with van der Waals surface area (Å²) in [6, 6.07) is 0. The molecule has 0 heterocycles. The first kappa shape index (κ1) is 12.2. The van der Waals surface area contributed by atoms with Gasteiger partial charge in [-0.1, -0.05) is 52.2 Å². The Morgan fingerprint density at radius 1 is 1.08 bits per heavy atom. The molecule has 1 atom stereocenters. The first-order chi connectivity index (χ1) is 5.48. The van der Waals surface area contributed by atoms with Gasteiger partial charge >= 0.3 is 0 Å². The van der Waals surface area contributed by atoms with Crippen molar-refractivity contribution in [3.63, 3.8) is 0 Å². The summed E-state index contributed by atoms with van der Waals surface area (Å²) in [6.07, 6.45) is 6.12. The summed E-state index contributed by atoms with van der Waals surface area (Å²) in [5.41, 5.74) is 0.00866. The molecule has 2 heteroatoms. The molecule has 12 heavy (non-hydrogen) atoms. The molecule has 0 fully saturated rings. The van der Waals surface area contributed by atoms with Crippen molar-refractivity contribution in [1.82, 2.24) is 0 Å². The molecule has 0 aliphatic heterocycles. The average molecular weight is 188 g/mol. The molecule has 0 spiro atoms. The molecular formula is C10H24OSi. The van der Waals surface area contributed by atoms with Crippen LogP contribution in [0.1, 0.15) is 39.0 Å². The predicted octanol–water partition coefficient (Wildman–Crippen LogP) is 3.20. The SMILES string of the molecule is CCCCCC[C@H](O)[Si](C)(C)C. The number of aliphatic hydroxyl groups is 1. The molecule has 0 saturated heterocycles. The molecule has 0 unspecified atom stereocenters. The molecule has 0 aromatic rings. The Labute approximate surface area is 78.2 Å². The van der Waals surface area contributed by atoms with E-state index >= 15 is 0 Å². The van der Waals surface area contributed by atoms with Gasteiger partial charge in [-0.25, -0.2) is 0 Å². The van der Waals surface area contributed by atoms with E-state index in [1.165, 1.54) is 25.7 Å². The zero-order chi connectivity index (χ0) is 9.61. The molecule has 74 valence electrons. The molecule has 0 bridgehead atoms. The second kappa shape index (κ2) is 5.76. The van der Waals surface area contributed by atoms with E-state index in [-0.39, 0.29) is 5.73 Å².